The standard InChI is InChI=1S/C11H13F2NO/c1-14-5-3-4-9-10(12)6-8(15-2)7-11(9)13/h3-4,6-7,14H,5H2,1-2H3. The van der Waals surface area contributed by atoms with Crippen LogP contribution in [0.4, 0.5) is 8.78 Å². The van der Waals surface area contributed by atoms with Gasteiger partial charge in [0.2, 0.25) is 0 Å². The van der Waals surface area contributed by atoms with E-state index in [1.807, 2.05) is 0 Å². The molecule has 2 nitrogen and oxygen atoms in total. The van der Waals surface area contributed by atoms with Crippen molar-refractivity contribution in [3.05, 3.63) is 35.4 Å². The van der Waals surface area contributed by atoms with Crippen molar-refractivity contribution in [2.45, 2.75) is 0 Å². The zero-order valence-electron chi connectivity index (χ0n) is 8.68. The van der Waals surface area contributed by atoms with Gasteiger partial charge >= 0.3 is 0 Å². The fourth-order valence-electron chi connectivity index (χ4n) is 1.13. The van der Waals surface area contributed by atoms with Crippen LogP contribution in [0.15, 0.2) is 18.2 Å². The van der Waals surface area contributed by atoms with Gasteiger partial charge in [-0.2, -0.15) is 0 Å². The highest BCUT2D eigenvalue weighted by atomic mass is 19.1. The SMILES string of the molecule is CNCC=Cc1c(F)cc(OC)cc1F. The molecule has 1 aromatic carbocycles. The van der Waals surface area contributed by atoms with Gasteiger partial charge in [-0.1, -0.05) is 12.2 Å². The fourth-order valence-corrected chi connectivity index (χ4v) is 1.13. The molecule has 0 aliphatic rings. The molecule has 1 rings (SSSR count). The Bertz CT molecular complexity index is 341. The first-order chi connectivity index (χ1) is 7.19. The highest BCUT2D eigenvalue weighted by molar-refractivity contribution is 5.52. The first-order valence-electron chi connectivity index (χ1n) is 4.53. The minimum Gasteiger partial charge on any atom is -0.497 e. The van der Waals surface area contributed by atoms with Crippen LogP contribution < -0.4 is 10.1 Å². The molecule has 0 atom stereocenters. The molecule has 0 radical (unpaired) electrons. The fraction of sp³-hybridized carbons (Fsp3) is 0.273. The van der Waals surface area contributed by atoms with Crippen LogP contribution >= 0.6 is 0 Å². The lowest BCUT2D eigenvalue weighted by molar-refractivity contribution is 0.406. The van der Waals surface area contributed by atoms with Crippen molar-refractivity contribution in [1.29, 1.82) is 0 Å². The van der Waals surface area contributed by atoms with E-state index in [1.165, 1.54) is 13.2 Å². The number of hydrogen-bond donors (Lipinski definition) is 1. The maximum Gasteiger partial charge on any atom is 0.137 e. The number of nitrogens with one attached hydrogen (secondary N) is 1. The van der Waals surface area contributed by atoms with Crippen LogP contribution in [0.25, 0.3) is 6.08 Å². The van der Waals surface area contributed by atoms with Crippen molar-refractivity contribution in [3.63, 3.8) is 0 Å². The molecule has 0 aromatic heterocycles. The van der Waals surface area contributed by atoms with Crippen LogP contribution in [0.2, 0.25) is 0 Å². The molecule has 0 saturated carbocycles. The third-order valence-corrected chi connectivity index (χ3v) is 1.89. The van der Waals surface area contributed by atoms with E-state index >= 15 is 0 Å². The number of hydrogen-bond acceptors (Lipinski definition) is 2. The molecular weight excluding hydrogens is 200 g/mol. The number of rotatable bonds is 4. The molecule has 82 valence electrons. The summed E-state index contributed by atoms with van der Waals surface area (Å²) in [4.78, 5) is 0. The summed E-state index contributed by atoms with van der Waals surface area (Å²) in [5.74, 6) is -1.07. The Kier molecular flexibility index (Phi) is 4.24. The quantitative estimate of drug-likeness (QED) is 0.827. The van der Waals surface area contributed by atoms with E-state index in [9.17, 15) is 8.78 Å². The minimum absolute atomic E-state index is 0.0500. The molecule has 0 aliphatic heterocycles. The monoisotopic (exact) mass is 213 g/mol. The second-order valence-corrected chi connectivity index (χ2v) is 2.96. The van der Waals surface area contributed by atoms with Crippen LogP contribution in [0.5, 0.6) is 5.75 Å². The Hall–Kier alpha value is -1.42. The zero-order chi connectivity index (χ0) is 11.3. The first-order valence-corrected chi connectivity index (χ1v) is 4.53. The molecule has 0 amide bonds. The second-order valence-electron chi connectivity index (χ2n) is 2.96. The molecule has 0 spiro atoms. The third-order valence-electron chi connectivity index (χ3n) is 1.89. The van der Waals surface area contributed by atoms with Gasteiger partial charge in [-0.3, -0.25) is 0 Å². The zero-order valence-corrected chi connectivity index (χ0v) is 8.68. The van der Waals surface area contributed by atoms with Crippen molar-refractivity contribution in [3.8, 4) is 5.75 Å². The Morgan fingerprint density at radius 1 is 1.33 bits per heavy atom. The average molecular weight is 213 g/mol. The van der Waals surface area contributed by atoms with E-state index in [2.05, 4.69) is 5.32 Å². The molecule has 0 unspecified atom stereocenters. The van der Waals surface area contributed by atoms with Gasteiger partial charge < -0.3 is 10.1 Å². The molecule has 0 heterocycles. The van der Waals surface area contributed by atoms with Crippen LogP contribution in [0.3, 0.4) is 0 Å². The van der Waals surface area contributed by atoms with Crippen LogP contribution in [0.1, 0.15) is 5.56 Å². The van der Waals surface area contributed by atoms with Crippen molar-refractivity contribution in [1.82, 2.24) is 5.32 Å². The van der Waals surface area contributed by atoms with Crippen LogP contribution in [-0.2, 0) is 0 Å². The lowest BCUT2D eigenvalue weighted by Gasteiger charge is -2.03. The van der Waals surface area contributed by atoms with Crippen LogP contribution in [0, 0.1) is 11.6 Å². The smallest absolute Gasteiger partial charge is 0.137 e. The normalized spacial score (nSPS) is 10.9. The van der Waals surface area contributed by atoms with E-state index in [-0.39, 0.29) is 11.3 Å². The summed E-state index contributed by atoms with van der Waals surface area (Å²) in [5, 5.41) is 2.84. The molecule has 0 saturated heterocycles. The first kappa shape index (κ1) is 11.7. The van der Waals surface area contributed by atoms with Gasteiger partial charge in [0.25, 0.3) is 0 Å². The van der Waals surface area contributed by atoms with E-state index in [4.69, 9.17) is 4.74 Å². The van der Waals surface area contributed by atoms with E-state index in [1.54, 1.807) is 13.1 Å². The molecule has 0 bridgehead atoms. The largest absolute Gasteiger partial charge is 0.497 e. The van der Waals surface area contributed by atoms with E-state index in [0.717, 1.165) is 12.1 Å². The predicted octanol–water partition coefficient (Wildman–Crippen LogP) is 2.21. The summed E-state index contributed by atoms with van der Waals surface area (Å²) in [6, 6.07) is 2.31. The Labute approximate surface area is 87.6 Å². The Balaban J connectivity index is 2.98. The second kappa shape index (κ2) is 5.46. The highest BCUT2D eigenvalue weighted by Crippen LogP contribution is 2.21. The summed E-state index contributed by atoms with van der Waals surface area (Å²) in [7, 11) is 3.12. The molecule has 15 heavy (non-hydrogen) atoms. The Morgan fingerprint density at radius 2 is 1.93 bits per heavy atom. The summed E-state index contributed by atoms with van der Waals surface area (Å²) >= 11 is 0. The van der Waals surface area contributed by atoms with Gasteiger partial charge in [0.15, 0.2) is 0 Å². The van der Waals surface area contributed by atoms with Crippen molar-refractivity contribution < 1.29 is 13.5 Å². The van der Waals surface area contributed by atoms with Gasteiger partial charge in [0.1, 0.15) is 17.4 Å². The lowest BCUT2D eigenvalue weighted by atomic mass is 10.1. The number of methoxy groups -OCH3 is 1. The lowest BCUT2D eigenvalue weighted by Crippen LogP contribution is -2.04. The molecule has 4 heteroatoms. The maximum atomic E-state index is 13.3. The summed E-state index contributed by atoms with van der Waals surface area (Å²) in [6.45, 7) is 0.560. The molecule has 1 N–H and O–H groups in total. The van der Waals surface area contributed by atoms with Gasteiger partial charge in [-0.15, -0.1) is 0 Å². The number of benzene rings is 1. The molecule has 0 aliphatic carbocycles. The average Bonchev–Trinajstić information content (AvgIpc) is 2.22. The molecule has 1 aromatic rings. The summed E-state index contributed by atoms with van der Waals surface area (Å²) < 4.78 is 31.4. The van der Waals surface area contributed by atoms with Gasteiger partial charge in [-0.25, -0.2) is 8.78 Å². The number of likely N-dealkylation sites (N-methyl/N-ethyl adjacent to an activating group) is 1. The summed E-state index contributed by atoms with van der Waals surface area (Å²) in [5.41, 5.74) is -0.0500. The number of halogens is 2. The van der Waals surface area contributed by atoms with Gasteiger partial charge in [-0.05, 0) is 7.05 Å². The van der Waals surface area contributed by atoms with Crippen molar-refractivity contribution in [2.24, 2.45) is 0 Å². The van der Waals surface area contributed by atoms with Crippen molar-refractivity contribution >= 4 is 6.08 Å². The minimum atomic E-state index is -0.626. The number of ether oxygens (including phenoxy) is 1. The van der Waals surface area contributed by atoms with Gasteiger partial charge in [0.05, 0.1) is 7.11 Å². The summed E-state index contributed by atoms with van der Waals surface area (Å²) in [6.07, 6.45) is 3.05. The van der Waals surface area contributed by atoms with E-state index in [0.29, 0.717) is 6.54 Å². The third kappa shape index (κ3) is 3.02. The predicted molar refractivity (Wildman–Crippen MR) is 55.9 cm³/mol. The Morgan fingerprint density at radius 3 is 2.40 bits per heavy atom. The van der Waals surface area contributed by atoms with Gasteiger partial charge in [0, 0.05) is 24.2 Å². The topological polar surface area (TPSA) is 21.3 Å². The maximum absolute atomic E-state index is 13.3. The highest BCUT2D eigenvalue weighted by Gasteiger charge is 2.08. The van der Waals surface area contributed by atoms with Crippen LogP contribution in [-0.4, -0.2) is 20.7 Å². The van der Waals surface area contributed by atoms with Crippen molar-refractivity contribution in [2.75, 3.05) is 20.7 Å². The molecule has 0 fully saturated rings. The molecular formula is C11H13F2NO. The van der Waals surface area contributed by atoms with E-state index < -0.39 is 11.6 Å².